The van der Waals surface area contributed by atoms with Crippen molar-refractivity contribution in [3.05, 3.63) is 33.9 Å². The lowest BCUT2D eigenvalue weighted by Gasteiger charge is -2.27. The Morgan fingerprint density at radius 3 is 2.95 bits per heavy atom. The van der Waals surface area contributed by atoms with Crippen molar-refractivity contribution >= 4 is 11.4 Å². The quantitative estimate of drug-likeness (QED) is 0.656. The van der Waals surface area contributed by atoms with Gasteiger partial charge in [0.25, 0.3) is 5.69 Å². The van der Waals surface area contributed by atoms with Crippen LogP contribution >= 0.6 is 0 Å². The molecule has 106 valence electrons. The van der Waals surface area contributed by atoms with Crippen LogP contribution in [0.2, 0.25) is 0 Å². The topological polar surface area (TPSA) is 82.2 Å². The Bertz CT molecular complexity index is 532. The van der Waals surface area contributed by atoms with E-state index in [9.17, 15) is 15.4 Å². The van der Waals surface area contributed by atoms with Gasteiger partial charge in [-0.1, -0.05) is 0 Å². The Hall–Kier alpha value is -2.13. The van der Waals surface area contributed by atoms with Gasteiger partial charge in [0, 0.05) is 31.3 Å². The van der Waals surface area contributed by atoms with Gasteiger partial charge in [-0.2, -0.15) is 5.26 Å². The number of likely N-dealkylation sites (N-methyl/N-ethyl adjacent to an activating group) is 1. The zero-order valence-corrected chi connectivity index (χ0v) is 11.5. The van der Waals surface area contributed by atoms with E-state index in [-0.39, 0.29) is 5.69 Å². The summed E-state index contributed by atoms with van der Waals surface area (Å²) in [6.07, 6.45) is 2.30. The highest BCUT2D eigenvalue weighted by molar-refractivity contribution is 5.63. The van der Waals surface area contributed by atoms with Gasteiger partial charge in [0.1, 0.15) is 6.07 Å². The van der Waals surface area contributed by atoms with E-state index < -0.39 is 4.92 Å². The number of nitrogens with zero attached hydrogens (tertiary/aromatic N) is 3. The van der Waals surface area contributed by atoms with Crippen LogP contribution in [0.15, 0.2) is 18.2 Å². The molecule has 6 heteroatoms. The van der Waals surface area contributed by atoms with Crippen LogP contribution in [-0.2, 0) is 0 Å². The van der Waals surface area contributed by atoms with Crippen molar-refractivity contribution in [1.82, 2.24) is 5.32 Å². The van der Waals surface area contributed by atoms with E-state index in [1.54, 1.807) is 6.07 Å². The Morgan fingerprint density at radius 2 is 2.40 bits per heavy atom. The van der Waals surface area contributed by atoms with E-state index in [0.29, 0.717) is 11.6 Å². The minimum Gasteiger partial charge on any atom is -0.369 e. The summed E-state index contributed by atoms with van der Waals surface area (Å²) < 4.78 is 0. The van der Waals surface area contributed by atoms with E-state index in [4.69, 9.17) is 0 Å². The van der Waals surface area contributed by atoms with Crippen molar-refractivity contribution in [3.8, 4) is 6.07 Å². The lowest BCUT2D eigenvalue weighted by Crippen LogP contribution is -2.37. The number of rotatable bonds is 5. The number of non-ortho nitro benzene ring substituents is 1. The van der Waals surface area contributed by atoms with Crippen molar-refractivity contribution in [3.63, 3.8) is 0 Å². The van der Waals surface area contributed by atoms with Gasteiger partial charge >= 0.3 is 0 Å². The monoisotopic (exact) mass is 274 g/mol. The van der Waals surface area contributed by atoms with Gasteiger partial charge in [-0.25, -0.2) is 0 Å². The van der Waals surface area contributed by atoms with Gasteiger partial charge < -0.3 is 10.2 Å². The molecule has 1 fully saturated rings. The molecule has 0 aromatic heterocycles. The third-order valence-electron chi connectivity index (χ3n) is 3.64. The van der Waals surface area contributed by atoms with Crippen LogP contribution in [0, 0.1) is 21.4 Å². The summed E-state index contributed by atoms with van der Waals surface area (Å²) in [5.41, 5.74) is 1.09. The molecule has 1 heterocycles. The molecule has 6 nitrogen and oxygen atoms in total. The first kappa shape index (κ1) is 14.3. The van der Waals surface area contributed by atoms with Crippen molar-refractivity contribution in [2.45, 2.75) is 25.8 Å². The molecule has 1 aromatic carbocycles. The van der Waals surface area contributed by atoms with Crippen molar-refractivity contribution in [2.24, 2.45) is 0 Å². The van der Waals surface area contributed by atoms with Crippen LogP contribution in [-0.4, -0.2) is 30.6 Å². The molecule has 20 heavy (non-hydrogen) atoms. The smallest absolute Gasteiger partial charge is 0.270 e. The van der Waals surface area contributed by atoms with Crippen LogP contribution in [0.1, 0.15) is 25.3 Å². The predicted octanol–water partition coefficient (Wildman–Crippen LogP) is 2.04. The maximum Gasteiger partial charge on any atom is 0.270 e. The predicted molar refractivity (Wildman–Crippen MR) is 76.7 cm³/mol. The molecule has 0 bridgehead atoms. The van der Waals surface area contributed by atoms with Gasteiger partial charge in [0.15, 0.2) is 0 Å². The first-order chi connectivity index (χ1) is 9.65. The van der Waals surface area contributed by atoms with Gasteiger partial charge in [-0.05, 0) is 32.4 Å². The highest BCUT2D eigenvalue weighted by atomic mass is 16.6. The molecular formula is C14H18N4O2. The zero-order valence-electron chi connectivity index (χ0n) is 11.5. The van der Waals surface area contributed by atoms with Gasteiger partial charge in [-0.3, -0.25) is 10.1 Å². The average Bonchev–Trinajstić information content (AvgIpc) is 2.97. The van der Waals surface area contributed by atoms with Crippen LogP contribution < -0.4 is 10.2 Å². The average molecular weight is 274 g/mol. The zero-order chi connectivity index (χ0) is 14.5. The number of nitro benzene ring substituents is 1. The van der Waals surface area contributed by atoms with Crippen LogP contribution in [0.4, 0.5) is 11.4 Å². The van der Waals surface area contributed by atoms with Gasteiger partial charge in [-0.15, -0.1) is 0 Å². The van der Waals surface area contributed by atoms with Crippen molar-refractivity contribution in [1.29, 1.82) is 5.26 Å². The number of nitrogens with one attached hydrogen (secondary N) is 1. The Morgan fingerprint density at radius 1 is 1.60 bits per heavy atom. The van der Waals surface area contributed by atoms with Crippen molar-refractivity contribution < 1.29 is 4.92 Å². The largest absolute Gasteiger partial charge is 0.369 e. The number of anilines is 1. The van der Waals surface area contributed by atoms with E-state index in [1.165, 1.54) is 18.6 Å². The van der Waals surface area contributed by atoms with Crippen LogP contribution in [0.25, 0.3) is 0 Å². The standard InChI is InChI=1S/C14H18N4O2/c1-2-17(10-12-4-3-7-16-12)14-6-5-13(18(19)20)8-11(14)9-15/h5-6,8,12,16H,2-4,7,10H2,1H3. The SMILES string of the molecule is CCN(CC1CCCN1)c1ccc([N+](=O)[O-])cc1C#N. The molecule has 1 atom stereocenters. The number of benzene rings is 1. The minimum atomic E-state index is -0.473. The molecule has 1 aromatic rings. The maximum absolute atomic E-state index is 10.8. The van der Waals surface area contributed by atoms with Crippen LogP contribution in [0.3, 0.4) is 0 Å². The molecule has 2 rings (SSSR count). The number of hydrogen-bond acceptors (Lipinski definition) is 5. The summed E-state index contributed by atoms with van der Waals surface area (Å²) in [5.74, 6) is 0. The van der Waals surface area contributed by atoms with Gasteiger partial charge in [0.05, 0.1) is 16.2 Å². The molecule has 1 N–H and O–H groups in total. The summed E-state index contributed by atoms with van der Waals surface area (Å²) in [4.78, 5) is 12.4. The fourth-order valence-corrected chi connectivity index (χ4v) is 2.58. The molecule has 0 saturated carbocycles. The van der Waals surface area contributed by atoms with Crippen molar-refractivity contribution in [2.75, 3.05) is 24.5 Å². The summed E-state index contributed by atoms with van der Waals surface area (Å²) in [5, 5.41) is 23.4. The fraction of sp³-hybridized carbons (Fsp3) is 0.500. The lowest BCUT2D eigenvalue weighted by atomic mass is 10.1. The third-order valence-corrected chi connectivity index (χ3v) is 3.64. The summed E-state index contributed by atoms with van der Waals surface area (Å²) >= 11 is 0. The molecule has 1 aliphatic rings. The number of hydrogen-bond donors (Lipinski definition) is 1. The number of nitro groups is 1. The Labute approximate surface area is 118 Å². The first-order valence-corrected chi connectivity index (χ1v) is 6.82. The second-order valence-corrected chi connectivity index (χ2v) is 4.90. The molecule has 0 spiro atoms. The molecule has 1 unspecified atom stereocenters. The van der Waals surface area contributed by atoms with E-state index in [2.05, 4.69) is 16.3 Å². The molecule has 0 aliphatic carbocycles. The third kappa shape index (κ3) is 3.06. The fourth-order valence-electron chi connectivity index (χ4n) is 2.58. The van der Waals surface area contributed by atoms with E-state index >= 15 is 0 Å². The molecule has 1 saturated heterocycles. The molecule has 0 amide bonds. The first-order valence-electron chi connectivity index (χ1n) is 6.82. The van der Waals surface area contributed by atoms with Crippen LogP contribution in [0.5, 0.6) is 0 Å². The maximum atomic E-state index is 10.8. The molecule has 0 radical (unpaired) electrons. The lowest BCUT2D eigenvalue weighted by molar-refractivity contribution is -0.384. The second-order valence-electron chi connectivity index (χ2n) is 4.90. The highest BCUT2D eigenvalue weighted by Crippen LogP contribution is 2.25. The molecular weight excluding hydrogens is 256 g/mol. The normalized spacial score (nSPS) is 17.7. The Balaban J connectivity index is 2.24. The van der Waals surface area contributed by atoms with Gasteiger partial charge in [0.2, 0.25) is 0 Å². The summed E-state index contributed by atoms with van der Waals surface area (Å²) in [6.45, 7) is 4.65. The molecule has 1 aliphatic heterocycles. The summed E-state index contributed by atoms with van der Waals surface area (Å²) in [7, 11) is 0. The van der Waals surface area contributed by atoms with E-state index in [0.717, 1.165) is 31.7 Å². The summed E-state index contributed by atoms with van der Waals surface area (Å²) in [6, 6.07) is 6.97. The minimum absolute atomic E-state index is 0.0413. The second kappa shape index (κ2) is 6.35. The highest BCUT2D eigenvalue weighted by Gasteiger charge is 2.20. The Kier molecular flexibility index (Phi) is 4.53. The number of nitriles is 1. The van der Waals surface area contributed by atoms with E-state index in [1.807, 2.05) is 6.92 Å².